The molecule has 3 rings (SSSR count). The average molecular weight is 312 g/mol. The molecule has 0 atom stereocenters. The van der Waals surface area contributed by atoms with Gasteiger partial charge in [0.2, 0.25) is 5.91 Å². The van der Waals surface area contributed by atoms with Gasteiger partial charge in [-0.2, -0.15) is 0 Å². The summed E-state index contributed by atoms with van der Waals surface area (Å²) >= 11 is 0. The number of rotatable bonds is 4. The molecule has 1 N–H and O–H groups in total. The highest BCUT2D eigenvalue weighted by Gasteiger charge is 2.21. The average Bonchev–Trinajstić information content (AvgIpc) is 3.11. The van der Waals surface area contributed by atoms with Crippen LogP contribution >= 0.6 is 0 Å². The number of aryl methyl sites for hydroxylation is 2. The molecule has 0 saturated carbocycles. The smallest absolute Gasteiger partial charge is 0.270 e. The van der Waals surface area contributed by atoms with E-state index in [4.69, 9.17) is 0 Å². The lowest BCUT2D eigenvalue weighted by Crippen LogP contribution is -2.26. The fourth-order valence-electron chi connectivity index (χ4n) is 2.85. The maximum Gasteiger partial charge on any atom is 0.270 e. The zero-order valence-corrected chi connectivity index (χ0v) is 13.4. The Bertz CT molecular complexity index is 714. The van der Waals surface area contributed by atoms with Gasteiger partial charge in [0.1, 0.15) is 5.69 Å². The van der Waals surface area contributed by atoms with Crippen molar-refractivity contribution in [1.82, 2.24) is 14.9 Å². The molecule has 0 aliphatic carbocycles. The van der Waals surface area contributed by atoms with Crippen molar-refractivity contribution in [2.75, 3.05) is 11.4 Å². The second-order valence-electron chi connectivity index (χ2n) is 5.79. The van der Waals surface area contributed by atoms with Crippen LogP contribution in [-0.2, 0) is 18.4 Å². The lowest BCUT2D eigenvalue weighted by atomic mass is 10.2. The van der Waals surface area contributed by atoms with E-state index in [0.29, 0.717) is 24.4 Å². The number of nitrogens with zero attached hydrogens (tertiary/aromatic N) is 3. The third kappa shape index (κ3) is 3.11. The molecule has 6 nitrogen and oxygen atoms in total. The molecule has 2 heterocycles. The predicted octanol–water partition coefficient (Wildman–Crippen LogP) is 1.79. The van der Waals surface area contributed by atoms with Gasteiger partial charge in [0, 0.05) is 32.2 Å². The first-order valence-corrected chi connectivity index (χ1v) is 7.71. The molecule has 0 radical (unpaired) electrons. The zero-order valence-electron chi connectivity index (χ0n) is 13.4. The first-order valence-electron chi connectivity index (χ1n) is 7.71. The topological polar surface area (TPSA) is 67.2 Å². The van der Waals surface area contributed by atoms with Crippen LogP contribution in [0.15, 0.2) is 30.6 Å². The van der Waals surface area contributed by atoms with Crippen molar-refractivity contribution in [2.24, 2.45) is 7.05 Å². The highest BCUT2D eigenvalue weighted by molar-refractivity contribution is 5.95. The standard InChI is InChI=1S/C17H20N4O2/c1-12-16(20(2)11-19-12)17(23)18-10-13-5-7-14(8-6-13)21-9-3-4-15(21)22/h5-8,11H,3-4,9-10H2,1-2H3,(H,18,23). The van der Waals surface area contributed by atoms with E-state index >= 15 is 0 Å². The van der Waals surface area contributed by atoms with Gasteiger partial charge in [-0.05, 0) is 31.0 Å². The van der Waals surface area contributed by atoms with Crippen LogP contribution in [0.2, 0.25) is 0 Å². The van der Waals surface area contributed by atoms with Crippen molar-refractivity contribution in [3.63, 3.8) is 0 Å². The molecule has 1 fully saturated rings. The molecule has 1 saturated heterocycles. The molecular weight excluding hydrogens is 292 g/mol. The quantitative estimate of drug-likeness (QED) is 0.936. The van der Waals surface area contributed by atoms with Gasteiger partial charge in [0.05, 0.1) is 12.0 Å². The Balaban J connectivity index is 1.63. The maximum absolute atomic E-state index is 12.2. The number of carbonyl (C=O) groups excluding carboxylic acids is 2. The van der Waals surface area contributed by atoms with Crippen molar-refractivity contribution in [1.29, 1.82) is 0 Å². The number of imidazole rings is 1. The summed E-state index contributed by atoms with van der Waals surface area (Å²) < 4.78 is 1.72. The molecule has 23 heavy (non-hydrogen) atoms. The summed E-state index contributed by atoms with van der Waals surface area (Å²) in [5, 5.41) is 2.90. The van der Waals surface area contributed by atoms with Crippen molar-refractivity contribution >= 4 is 17.5 Å². The summed E-state index contributed by atoms with van der Waals surface area (Å²) in [6.07, 6.45) is 3.18. The van der Waals surface area contributed by atoms with Crippen molar-refractivity contribution in [3.8, 4) is 0 Å². The summed E-state index contributed by atoms with van der Waals surface area (Å²) in [5.74, 6) is 0.0408. The number of amides is 2. The highest BCUT2D eigenvalue weighted by atomic mass is 16.2. The third-order valence-electron chi connectivity index (χ3n) is 4.11. The molecule has 0 unspecified atom stereocenters. The number of aromatic nitrogens is 2. The lowest BCUT2D eigenvalue weighted by molar-refractivity contribution is -0.117. The molecular formula is C17H20N4O2. The van der Waals surface area contributed by atoms with Crippen molar-refractivity contribution in [2.45, 2.75) is 26.3 Å². The minimum absolute atomic E-state index is 0.138. The van der Waals surface area contributed by atoms with Crippen LogP contribution < -0.4 is 10.2 Å². The van der Waals surface area contributed by atoms with Crippen LogP contribution in [0.4, 0.5) is 5.69 Å². The fraction of sp³-hybridized carbons (Fsp3) is 0.353. The number of anilines is 1. The van der Waals surface area contributed by atoms with Gasteiger partial charge >= 0.3 is 0 Å². The number of hydrogen-bond acceptors (Lipinski definition) is 3. The Hall–Kier alpha value is -2.63. The molecule has 6 heteroatoms. The number of hydrogen-bond donors (Lipinski definition) is 1. The minimum Gasteiger partial charge on any atom is -0.347 e. The molecule has 1 aromatic heterocycles. The van der Waals surface area contributed by atoms with E-state index in [1.807, 2.05) is 31.2 Å². The summed E-state index contributed by atoms with van der Waals surface area (Å²) in [5.41, 5.74) is 3.20. The molecule has 120 valence electrons. The second kappa shape index (κ2) is 6.24. The molecule has 0 spiro atoms. The van der Waals surface area contributed by atoms with Gasteiger partial charge in [0.25, 0.3) is 5.91 Å². The molecule has 2 aromatic rings. The van der Waals surface area contributed by atoms with Crippen LogP contribution in [0.1, 0.15) is 34.6 Å². The molecule has 0 bridgehead atoms. The minimum atomic E-state index is -0.138. The summed E-state index contributed by atoms with van der Waals surface area (Å²) in [4.78, 5) is 29.9. The van der Waals surface area contributed by atoms with Crippen LogP contribution in [0, 0.1) is 6.92 Å². The van der Waals surface area contributed by atoms with E-state index in [9.17, 15) is 9.59 Å². The normalized spacial score (nSPS) is 14.3. The summed E-state index contributed by atoms with van der Waals surface area (Å²) in [6, 6.07) is 7.74. The van der Waals surface area contributed by atoms with E-state index in [0.717, 1.165) is 24.2 Å². The molecule has 1 aliphatic heterocycles. The first kappa shape index (κ1) is 15.3. The van der Waals surface area contributed by atoms with E-state index in [1.165, 1.54) is 0 Å². The SMILES string of the molecule is Cc1ncn(C)c1C(=O)NCc1ccc(N2CCCC2=O)cc1. The Morgan fingerprint density at radius 1 is 1.30 bits per heavy atom. The van der Waals surface area contributed by atoms with Gasteiger partial charge in [-0.15, -0.1) is 0 Å². The fourth-order valence-corrected chi connectivity index (χ4v) is 2.85. The monoisotopic (exact) mass is 312 g/mol. The van der Waals surface area contributed by atoms with Gasteiger partial charge in [-0.25, -0.2) is 4.98 Å². The molecule has 1 aromatic carbocycles. The zero-order chi connectivity index (χ0) is 16.4. The van der Waals surface area contributed by atoms with Crippen LogP contribution in [0.3, 0.4) is 0 Å². The summed E-state index contributed by atoms with van der Waals surface area (Å²) in [7, 11) is 1.80. The highest BCUT2D eigenvalue weighted by Crippen LogP contribution is 2.21. The Labute approximate surface area is 135 Å². The number of nitrogens with one attached hydrogen (secondary N) is 1. The Morgan fingerprint density at radius 2 is 2.04 bits per heavy atom. The number of benzene rings is 1. The molecule has 1 aliphatic rings. The maximum atomic E-state index is 12.2. The Kier molecular flexibility index (Phi) is 4.14. The van der Waals surface area contributed by atoms with Crippen LogP contribution in [0.5, 0.6) is 0 Å². The van der Waals surface area contributed by atoms with Crippen LogP contribution in [0.25, 0.3) is 0 Å². The second-order valence-corrected chi connectivity index (χ2v) is 5.79. The Morgan fingerprint density at radius 3 is 2.61 bits per heavy atom. The van der Waals surface area contributed by atoms with Gasteiger partial charge < -0.3 is 14.8 Å². The lowest BCUT2D eigenvalue weighted by Gasteiger charge is -2.16. The largest absolute Gasteiger partial charge is 0.347 e. The van der Waals surface area contributed by atoms with Gasteiger partial charge in [0.15, 0.2) is 0 Å². The van der Waals surface area contributed by atoms with E-state index < -0.39 is 0 Å². The van der Waals surface area contributed by atoms with Gasteiger partial charge in [-0.1, -0.05) is 12.1 Å². The predicted molar refractivity (Wildman–Crippen MR) is 87.1 cm³/mol. The first-order chi connectivity index (χ1) is 11.1. The van der Waals surface area contributed by atoms with Crippen molar-refractivity contribution < 1.29 is 9.59 Å². The van der Waals surface area contributed by atoms with E-state index in [-0.39, 0.29) is 11.8 Å². The molecule has 2 amide bonds. The van der Waals surface area contributed by atoms with Crippen LogP contribution in [-0.4, -0.2) is 27.9 Å². The van der Waals surface area contributed by atoms with Crippen molar-refractivity contribution in [3.05, 3.63) is 47.5 Å². The third-order valence-corrected chi connectivity index (χ3v) is 4.11. The summed E-state index contributed by atoms with van der Waals surface area (Å²) in [6.45, 7) is 3.04. The van der Waals surface area contributed by atoms with Gasteiger partial charge in [-0.3, -0.25) is 9.59 Å². The number of carbonyl (C=O) groups is 2. The van der Waals surface area contributed by atoms with E-state index in [1.54, 1.807) is 22.8 Å². The van der Waals surface area contributed by atoms with E-state index in [2.05, 4.69) is 10.3 Å².